The van der Waals surface area contributed by atoms with E-state index in [1.807, 2.05) is 0 Å². The van der Waals surface area contributed by atoms with Gasteiger partial charge in [-0.1, -0.05) is 23.4 Å². The Morgan fingerprint density at radius 1 is 1.26 bits per heavy atom. The van der Waals surface area contributed by atoms with Gasteiger partial charge in [-0.25, -0.2) is 9.42 Å². The standard InChI is InChI=1S/C19H19N5O7/c1-9-14(19(26)29-3)15(17(24(27)28)10(2)21-9)11-6-4-5-7-13(11)30-8-12-16(18(20)25)23-31-22-12/h4-7,15,21H,8H2,1-3H3,(H2,20,25). The number of ether oxygens (including phenoxy) is 2. The normalized spacial score (nSPS) is 16.0. The van der Waals surface area contributed by atoms with Crippen LogP contribution in [0, 0.1) is 10.1 Å². The van der Waals surface area contributed by atoms with Crippen LogP contribution in [0.4, 0.5) is 0 Å². The van der Waals surface area contributed by atoms with Gasteiger partial charge in [-0.05, 0) is 25.1 Å². The Bertz CT molecular complexity index is 1120. The van der Waals surface area contributed by atoms with E-state index in [4.69, 9.17) is 15.2 Å². The van der Waals surface area contributed by atoms with Crippen LogP contribution in [0.5, 0.6) is 5.75 Å². The lowest BCUT2D eigenvalue weighted by Crippen LogP contribution is -2.31. The van der Waals surface area contributed by atoms with Gasteiger partial charge in [-0.2, -0.15) is 0 Å². The summed E-state index contributed by atoms with van der Waals surface area (Å²) in [4.78, 5) is 35.3. The monoisotopic (exact) mass is 429 g/mol. The lowest BCUT2D eigenvalue weighted by atomic mass is 9.83. The van der Waals surface area contributed by atoms with Crippen molar-refractivity contribution in [2.45, 2.75) is 26.4 Å². The molecule has 1 aromatic heterocycles. The zero-order chi connectivity index (χ0) is 22.7. The third-order valence-corrected chi connectivity index (χ3v) is 4.71. The number of para-hydroxylation sites is 1. The molecule has 1 amide bonds. The first-order valence-electron chi connectivity index (χ1n) is 9.00. The van der Waals surface area contributed by atoms with E-state index in [9.17, 15) is 19.7 Å². The van der Waals surface area contributed by atoms with Crippen molar-refractivity contribution in [3.63, 3.8) is 0 Å². The first-order valence-corrected chi connectivity index (χ1v) is 9.00. The van der Waals surface area contributed by atoms with Gasteiger partial charge >= 0.3 is 5.97 Å². The molecule has 3 N–H and O–H groups in total. The summed E-state index contributed by atoms with van der Waals surface area (Å²) in [6, 6.07) is 6.50. The van der Waals surface area contributed by atoms with Gasteiger partial charge in [0.2, 0.25) is 0 Å². The number of aromatic nitrogens is 2. The molecular formula is C19H19N5O7. The third kappa shape index (κ3) is 4.08. The maximum absolute atomic E-state index is 12.5. The number of primary amides is 1. The number of dihydropyridines is 1. The number of carbonyl (C=O) groups is 2. The van der Waals surface area contributed by atoms with E-state index in [0.29, 0.717) is 11.3 Å². The lowest BCUT2D eigenvalue weighted by Gasteiger charge is -2.27. The molecule has 1 atom stereocenters. The number of esters is 1. The topological polar surface area (TPSA) is 173 Å². The number of nitrogens with two attached hydrogens (primary N) is 1. The minimum Gasteiger partial charge on any atom is -0.487 e. The predicted molar refractivity (Wildman–Crippen MR) is 104 cm³/mol. The summed E-state index contributed by atoms with van der Waals surface area (Å²) in [6.07, 6.45) is 0. The maximum atomic E-state index is 12.5. The Morgan fingerprint density at radius 3 is 2.61 bits per heavy atom. The SMILES string of the molecule is COC(=O)C1=C(C)NC(C)=C([N+](=O)[O-])C1c1ccccc1OCc1nonc1C(N)=O. The highest BCUT2D eigenvalue weighted by Crippen LogP contribution is 2.42. The third-order valence-electron chi connectivity index (χ3n) is 4.71. The molecule has 1 aromatic carbocycles. The zero-order valence-electron chi connectivity index (χ0n) is 16.9. The Morgan fingerprint density at radius 2 is 1.97 bits per heavy atom. The number of amides is 1. The minimum atomic E-state index is -1.06. The van der Waals surface area contributed by atoms with E-state index in [2.05, 4.69) is 20.3 Å². The largest absolute Gasteiger partial charge is 0.487 e. The summed E-state index contributed by atoms with van der Waals surface area (Å²) in [7, 11) is 1.20. The van der Waals surface area contributed by atoms with Gasteiger partial charge in [-0.15, -0.1) is 0 Å². The summed E-state index contributed by atoms with van der Waals surface area (Å²) in [5, 5.41) is 21.8. The fourth-order valence-electron chi connectivity index (χ4n) is 3.39. The predicted octanol–water partition coefficient (Wildman–Crippen LogP) is 1.39. The highest BCUT2D eigenvalue weighted by molar-refractivity contribution is 5.92. The van der Waals surface area contributed by atoms with Crippen LogP contribution in [0.3, 0.4) is 0 Å². The minimum absolute atomic E-state index is 0.0637. The fourth-order valence-corrected chi connectivity index (χ4v) is 3.39. The van der Waals surface area contributed by atoms with Crippen molar-refractivity contribution in [3.05, 3.63) is 74.0 Å². The first-order chi connectivity index (χ1) is 14.8. The van der Waals surface area contributed by atoms with Crippen LogP contribution < -0.4 is 15.8 Å². The van der Waals surface area contributed by atoms with Crippen LogP contribution in [-0.4, -0.2) is 34.2 Å². The molecule has 0 aliphatic carbocycles. The smallest absolute Gasteiger partial charge is 0.336 e. The summed E-state index contributed by atoms with van der Waals surface area (Å²) in [5.74, 6) is -2.39. The summed E-state index contributed by atoms with van der Waals surface area (Å²) < 4.78 is 15.2. The van der Waals surface area contributed by atoms with Crippen molar-refractivity contribution in [1.29, 1.82) is 0 Å². The average Bonchev–Trinajstić information content (AvgIpc) is 3.20. The van der Waals surface area contributed by atoms with E-state index in [1.165, 1.54) is 7.11 Å². The number of nitrogens with zero attached hydrogens (tertiary/aromatic N) is 3. The van der Waals surface area contributed by atoms with Crippen LogP contribution in [0.25, 0.3) is 0 Å². The second-order valence-corrected chi connectivity index (χ2v) is 6.61. The first kappa shape index (κ1) is 21.5. The van der Waals surface area contributed by atoms with Crippen molar-refractivity contribution < 1.29 is 28.6 Å². The molecule has 0 saturated carbocycles. The fraction of sp³-hybridized carbons (Fsp3) is 0.263. The molecular weight excluding hydrogens is 410 g/mol. The molecule has 12 heteroatoms. The van der Waals surface area contributed by atoms with Gasteiger partial charge in [0.1, 0.15) is 18.3 Å². The molecule has 3 rings (SSSR count). The molecule has 0 saturated heterocycles. The van der Waals surface area contributed by atoms with Crippen molar-refractivity contribution >= 4 is 11.9 Å². The molecule has 0 spiro atoms. The van der Waals surface area contributed by atoms with E-state index in [1.54, 1.807) is 38.1 Å². The highest BCUT2D eigenvalue weighted by Gasteiger charge is 2.42. The van der Waals surface area contributed by atoms with Crippen molar-refractivity contribution in [2.75, 3.05) is 7.11 Å². The molecule has 0 fully saturated rings. The van der Waals surface area contributed by atoms with Crippen LogP contribution in [-0.2, 0) is 16.1 Å². The highest BCUT2D eigenvalue weighted by atomic mass is 16.6. The number of rotatable bonds is 7. The number of nitro groups is 1. The second kappa shape index (κ2) is 8.65. The second-order valence-electron chi connectivity index (χ2n) is 6.61. The molecule has 2 aromatic rings. The van der Waals surface area contributed by atoms with E-state index >= 15 is 0 Å². The number of allylic oxidation sites excluding steroid dienone is 3. The molecule has 0 bridgehead atoms. The van der Waals surface area contributed by atoms with Crippen LogP contribution >= 0.6 is 0 Å². The Kier molecular flexibility index (Phi) is 6.00. The number of hydrogen-bond acceptors (Lipinski definition) is 10. The Hall–Kier alpha value is -4.22. The zero-order valence-corrected chi connectivity index (χ0v) is 16.9. The van der Waals surface area contributed by atoms with Crippen molar-refractivity contribution in [1.82, 2.24) is 15.6 Å². The molecule has 31 heavy (non-hydrogen) atoms. The van der Waals surface area contributed by atoms with E-state index in [0.717, 1.165) is 0 Å². The number of carbonyl (C=O) groups excluding carboxylic acids is 2. The maximum Gasteiger partial charge on any atom is 0.336 e. The molecule has 12 nitrogen and oxygen atoms in total. The molecule has 2 heterocycles. The summed E-state index contributed by atoms with van der Waals surface area (Å²) in [5.41, 5.74) is 6.02. The van der Waals surface area contributed by atoms with Crippen LogP contribution in [0.15, 0.2) is 51.6 Å². The molecule has 1 aliphatic heterocycles. The Labute approximate surface area is 175 Å². The van der Waals surface area contributed by atoms with Gasteiger partial charge < -0.3 is 20.5 Å². The van der Waals surface area contributed by atoms with Crippen LogP contribution in [0.2, 0.25) is 0 Å². The number of nitrogens with one attached hydrogen (secondary N) is 1. The van der Waals surface area contributed by atoms with Gasteiger partial charge in [0, 0.05) is 11.3 Å². The number of benzene rings is 1. The van der Waals surface area contributed by atoms with E-state index < -0.39 is 22.7 Å². The molecule has 0 radical (unpaired) electrons. The summed E-state index contributed by atoms with van der Waals surface area (Å²) >= 11 is 0. The quantitative estimate of drug-likeness (QED) is 0.372. The molecule has 1 aliphatic rings. The van der Waals surface area contributed by atoms with Gasteiger partial charge in [-0.3, -0.25) is 14.9 Å². The molecule has 162 valence electrons. The average molecular weight is 429 g/mol. The van der Waals surface area contributed by atoms with Gasteiger partial charge in [0.25, 0.3) is 11.6 Å². The van der Waals surface area contributed by atoms with Crippen molar-refractivity contribution in [3.8, 4) is 5.75 Å². The number of methoxy groups -OCH3 is 1. The lowest BCUT2D eigenvalue weighted by molar-refractivity contribution is -0.431. The van der Waals surface area contributed by atoms with E-state index in [-0.39, 0.29) is 40.7 Å². The van der Waals surface area contributed by atoms with Gasteiger partial charge in [0.05, 0.1) is 23.3 Å². The Balaban J connectivity index is 2.08. The van der Waals surface area contributed by atoms with Crippen LogP contribution in [0.1, 0.15) is 41.5 Å². The summed E-state index contributed by atoms with van der Waals surface area (Å²) in [6.45, 7) is 2.94. The molecule has 1 unspecified atom stereocenters. The number of hydrogen-bond donors (Lipinski definition) is 2. The van der Waals surface area contributed by atoms with Gasteiger partial charge in [0.15, 0.2) is 11.4 Å². The van der Waals surface area contributed by atoms with Crippen molar-refractivity contribution in [2.24, 2.45) is 5.73 Å².